The van der Waals surface area contributed by atoms with Crippen LogP contribution in [0.4, 0.5) is 0 Å². The number of H-pyrrole nitrogens is 1. The first-order valence-electron chi connectivity index (χ1n) is 10.9. The molecule has 0 saturated heterocycles. The van der Waals surface area contributed by atoms with Crippen molar-refractivity contribution in [2.45, 2.75) is 39.0 Å². The van der Waals surface area contributed by atoms with Crippen molar-refractivity contribution in [2.24, 2.45) is 5.10 Å². The third kappa shape index (κ3) is 3.71. The molecule has 5 nitrogen and oxygen atoms in total. The maximum absolute atomic E-state index is 12.6. The van der Waals surface area contributed by atoms with Crippen LogP contribution in [0.15, 0.2) is 65.8 Å². The van der Waals surface area contributed by atoms with Crippen molar-refractivity contribution in [2.75, 3.05) is 0 Å². The van der Waals surface area contributed by atoms with E-state index in [0.29, 0.717) is 5.69 Å². The van der Waals surface area contributed by atoms with Crippen molar-refractivity contribution in [3.05, 3.63) is 88.6 Å². The molecule has 2 N–H and O–H groups in total. The summed E-state index contributed by atoms with van der Waals surface area (Å²) in [7, 11) is 0. The average Bonchev–Trinajstić information content (AvgIpc) is 3.43. The number of nitrogens with one attached hydrogen (secondary N) is 2. The summed E-state index contributed by atoms with van der Waals surface area (Å²) >= 11 is 0. The van der Waals surface area contributed by atoms with Crippen LogP contribution in [0.3, 0.4) is 0 Å². The summed E-state index contributed by atoms with van der Waals surface area (Å²) in [6, 6.07) is 20.7. The van der Waals surface area contributed by atoms with Gasteiger partial charge in [-0.15, -0.1) is 0 Å². The molecule has 0 radical (unpaired) electrons. The molecule has 0 saturated carbocycles. The number of hydrogen-bond donors (Lipinski definition) is 2. The largest absolute Gasteiger partial charge is 0.289 e. The molecule has 32 heavy (non-hydrogen) atoms. The molecule has 1 heterocycles. The second-order valence-corrected chi connectivity index (χ2v) is 9.35. The first kappa shape index (κ1) is 20.2. The van der Waals surface area contributed by atoms with Gasteiger partial charge in [0.05, 0.1) is 11.9 Å². The van der Waals surface area contributed by atoms with Crippen molar-refractivity contribution >= 4 is 22.9 Å². The maximum atomic E-state index is 12.6. The standard InChI is InChI=1S/C27H26N4O/c1-27(2,3)20-12-7-17(8-13-20)16-28-31-26(32)24-15-23(29-30-24)21-14-11-19-10-9-18-5-4-6-22(21)25(18)19/h4-8,11-16H,9-10H2,1-3H3,(H,29,30)(H,31,32)/b28-16+. The van der Waals surface area contributed by atoms with Crippen molar-refractivity contribution in [1.29, 1.82) is 0 Å². The number of hydrogen-bond acceptors (Lipinski definition) is 3. The van der Waals surface area contributed by atoms with E-state index in [1.165, 1.54) is 27.5 Å². The molecular weight excluding hydrogens is 396 g/mol. The lowest BCUT2D eigenvalue weighted by Gasteiger charge is -2.18. The zero-order valence-corrected chi connectivity index (χ0v) is 18.6. The van der Waals surface area contributed by atoms with Crippen LogP contribution >= 0.6 is 0 Å². The van der Waals surface area contributed by atoms with Crippen molar-refractivity contribution in [1.82, 2.24) is 15.6 Å². The van der Waals surface area contributed by atoms with Gasteiger partial charge in [-0.1, -0.05) is 75.4 Å². The molecule has 5 heteroatoms. The second kappa shape index (κ2) is 7.75. The molecule has 3 aromatic carbocycles. The Morgan fingerprint density at radius 2 is 1.78 bits per heavy atom. The summed E-state index contributed by atoms with van der Waals surface area (Å²) < 4.78 is 0. The number of hydrazone groups is 1. The molecule has 1 amide bonds. The minimum Gasteiger partial charge on any atom is -0.272 e. The molecule has 1 aliphatic rings. The van der Waals surface area contributed by atoms with Crippen LogP contribution in [0.2, 0.25) is 0 Å². The number of nitrogens with zero attached hydrogens (tertiary/aromatic N) is 2. The van der Waals surface area contributed by atoms with Gasteiger partial charge in [0.1, 0.15) is 5.69 Å². The SMILES string of the molecule is CC(C)(C)c1ccc(/C=N/NC(=O)c2cc(-c3ccc4c5c(cccc35)CC4)n[nH]2)cc1. The normalized spacial score (nSPS) is 13.2. The summed E-state index contributed by atoms with van der Waals surface area (Å²) in [4.78, 5) is 12.6. The highest BCUT2D eigenvalue weighted by atomic mass is 16.2. The summed E-state index contributed by atoms with van der Waals surface area (Å²) in [5.41, 5.74) is 9.81. The van der Waals surface area contributed by atoms with Gasteiger partial charge >= 0.3 is 0 Å². The van der Waals surface area contributed by atoms with Gasteiger partial charge in [-0.25, -0.2) is 5.43 Å². The van der Waals surface area contributed by atoms with Gasteiger partial charge in [-0.05, 0) is 57.3 Å². The Labute approximate surface area is 187 Å². The molecular formula is C27H26N4O. The van der Waals surface area contributed by atoms with Gasteiger partial charge in [0.2, 0.25) is 0 Å². The summed E-state index contributed by atoms with van der Waals surface area (Å²) in [6.45, 7) is 6.54. The lowest BCUT2D eigenvalue weighted by Crippen LogP contribution is -2.18. The Balaban J connectivity index is 1.32. The molecule has 5 rings (SSSR count). The first-order chi connectivity index (χ1) is 15.4. The molecule has 0 spiro atoms. The second-order valence-electron chi connectivity index (χ2n) is 9.35. The van der Waals surface area contributed by atoms with Gasteiger partial charge in [-0.3, -0.25) is 9.89 Å². The van der Waals surface area contributed by atoms with E-state index in [4.69, 9.17) is 0 Å². The highest BCUT2D eigenvalue weighted by Gasteiger charge is 2.18. The molecule has 160 valence electrons. The highest BCUT2D eigenvalue weighted by molar-refractivity contribution is 6.02. The Kier molecular flexibility index (Phi) is 4.89. The topological polar surface area (TPSA) is 70.1 Å². The smallest absolute Gasteiger partial charge is 0.272 e. The molecule has 0 aliphatic heterocycles. The lowest BCUT2D eigenvalue weighted by molar-refractivity contribution is 0.0950. The summed E-state index contributed by atoms with van der Waals surface area (Å²) in [6.07, 6.45) is 3.81. The molecule has 1 aromatic heterocycles. The van der Waals surface area contributed by atoms with Gasteiger partial charge in [-0.2, -0.15) is 10.2 Å². The van der Waals surface area contributed by atoms with E-state index >= 15 is 0 Å². The molecule has 0 atom stereocenters. The number of benzene rings is 3. The summed E-state index contributed by atoms with van der Waals surface area (Å²) in [5.74, 6) is -0.322. The number of carbonyl (C=O) groups is 1. The minimum absolute atomic E-state index is 0.104. The zero-order chi connectivity index (χ0) is 22.3. The fourth-order valence-electron chi connectivity index (χ4n) is 4.34. The van der Waals surface area contributed by atoms with Gasteiger partial charge in [0.15, 0.2) is 0 Å². The average molecular weight is 423 g/mol. The Morgan fingerprint density at radius 1 is 1.03 bits per heavy atom. The predicted octanol–water partition coefficient (Wildman–Crippen LogP) is 5.39. The molecule has 0 bridgehead atoms. The number of aromatic amines is 1. The zero-order valence-electron chi connectivity index (χ0n) is 18.6. The predicted molar refractivity (Wildman–Crippen MR) is 129 cm³/mol. The molecule has 4 aromatic rings. The van der Waals surface area contributed by atoms with Crippen molar-refractivity contribution in [3.63, 3.8) is 0 Å². The van der Waals surface area contributed by atoms with Crippen LogP contribution in [-0.4, -0.2) is 22.3 Å². The number of aromatic nitrogens is 2. The van der Waals surface area contributed by atoms with E-state index in [9.17, 15) is 4.79 Å². The van der Waals surface area contributed by atoms with Crippen LogP contribution < -0.4 is 5.43 Å². The van der Waals surface area contributed by atoms with Crippen molar-refractivity contribution in [3.8, 4) is 11.3 Å². The van der Waals surface area contributed by atoms with Crippen LogP contribution in [0, 0.1) is 0 Å². The van der Waals surface area contributed by atoms with Crippen LogP contribution in [0.25, 0.3) is 22.0 Å². The van der Waals surface area contributed by atoms with E-state index in [-0.39, 0.29) is 11.3 Å². The Bertz CT molecular complexity index is 1330. The number of aryl methyl sites for hydroxylation is 2. The van der Waals surface area contributed by atoms with Crippen LogP contribution in [-0.2, 0) is 18.3 Å². The van der Waals surface area contributed by atoms with E-state index in [1.54, 1.807) is 12.3 Å². The Morgan fingerprint density at radius 3 is 2.53 bits per heavy atom. The van der Waals surface area contributed by atoms with E-state index in [0.717, 1.165) is 29.7 Å². The number of carbonyl (C=O) groups excluding carboxylic acids is 1. The molecule has 0 unspecified atom stereocenters. The number of rotatable bonds is 4. The highest BCUT2D eigenvalue weighted by Crippen LogP contribution is 2.36. The Hall–Kier alpha value is -3.73. The van der Waals surface area contributed by atoms with Crippen LogP contribution in [0.1, 0.15) is 53.5 Å². The first-order valence-corrected chi connectivity index (χ1v) is 10.9. The fourth-order valence-corrected chi connectivity index (χ4v) is 4.34. The van der Waals surface area contributed by atoms with Gasteiger partial charge < -0.3 is 0 Å². The number of amides is 1. The van der Waals surface area contributed by atoms with Gasteiger partial charge in [0, 0.05) is 5.56 Å². The molecule has 1 aliphatic carbocycles. The third-order valence-corrected chi connectivity index (χ3v) is 6.13. The molecule has 0 fully saturated rings. The van der Waals surface area contributed by atoms with Gasteiger partial charge in [0.25, 0.3) is 5.91 Å². The maximum Gasteiger partial charge on any atom is 0.289 e. The van der Waals surface area contributed by atoms with Crippen molar-refractivity contribution < 1.29 is 4.79 Å². The third-order valence-electron chi connectivity index (χ3n) is 6.13. The summed E-state index contributed by atoms with van der Waals surface area (Å²) in [5, 5.41) is 13.9. The monoisotopic (exact) mass is 422 g/mol. The van der Waals surface area contributed by atoms with E-state index < -0.39 is 0 Å². The van der Waals surface area contributed by atoms with Crippen LogP contribution in [0.5, 0.6) is 0 Å². The lowest BCUT2D eigenvalue weighted by atomic mass is 9.87. The fraction of sp³-hybridized carbons (Fsp3) is 0.222. The van der Waals surface area contributed by atoms with E-state index in [2.05, 4.69) is 84.0 Å². The quantitative estimate of drug-likeness (QED) is 0.342. The van der Waals surface area contributed by atoms with E-state index in [1.807, 2.05) is 12.1 Å². The minimum atomic E-state index is -0.322.